The van der Waals surface area contributed by atoms with Crippen molar-refractivity contribution in [3.05, 3.63) is 30.1 Å². The van der Waals surface area contributed by atoms with Gasteiger partial charge < -0.3 is 15.1 Å². The van der Waals surface area contributed by atoms with E-state index in [1.165, 1.54) is 0 Å². The van der Waals surface area contributed by atoms with Crippen molar-refractivity contribution in [2.75, 3.05) is 6.61 Å². The lowest BCUT2D eigenvalue weighted by Gasteiger charge is -2.18. The van der Waals surface area contributed by atoms with Gasteiger partial charge in [0.25, 0.3) is 0 Å². The molecule has 1 aromatic heterocycles. The van der Waals surface area contributed by atoms with Gasteiger partial charge in [0.2, 0.25) is 5.91 Å². The maximum Gasteiger partial charge on any atom is 0.469 e. The quantitative estimate of drug-likeness (QED) is 0.421. The second-order valence-corrected chi connectivity index (χ2v) is 6.56. The van der Waals surface area contributed by atoms with Gasteiger partial charge >= 0.3 is 7.82 Å². The molecule has 1 amide bonds. The van der Waals surface area contributed by atoms with Crippen LogP contribution in [0.4, 0.5) is 0 Å². The molecule has 0 aliphatic carbocycles. The molecular formula is C15H25N2O5P. The van der Waals surface area contributed by atoms with E-state index in [4.69, 9.17) is 9.79 Å². The van der Waals surface area contributed by atoms with Crippen molar-refractivity contribution in [1.82, 2.24) is 10.3 Å². The Balaban J connectivity index is 2.52. The van der Waals surface area contributed by atoms with Crippen LogP contribution in [0.3, 0.4) is 0 Å². The molecule has 0 aromatic carbocycles. The molecule has 130 valence electrons. The number of hydrogen-bond acceptors (Lipinski definition) is 4. The van der Waals surface area contributed by atoms with Gasteiger partial charge in [-0.05, 0) is 18.6 Å². The van der Waals surface area contributed by atoms with Crippen LogP contribution in [0.5, 0.6) is 0 Å². The number of phosphoric ester groups is 1. The Morgan fingerprint density at radius 2 is 2.04 bits per heavy atom. The van der Waals surface area contributed by atoms with E-state index >= 15 is 0 Å². The molecule has 0 aliphatic heterocycles. The van der Waals surface area contributed by atoms with Crippen molar-refractivity contribution >= 4 is 13.7 Å². The first-order chi connectivity index (χ1) is 10.9. The van der Waals surface area contributed by atoms with Crippen molar-refractivity contribution in [3.8, 4) is 0 Å². The van der Waals surface area contributed by atoms with E-state index in [1.807, 2.05) is 0 Å². The van der Waals surface area contributed by atoms with Crippen molar-refractivity contribution in [3.63, 3.8) is 0 Å². The molecule has 1 atom stereocenters. The minimum Gasteiger partial charge on any atom is -0.345 e. The molecule has 0 radical (unpaired) electrons. The standard InChI is InChI=1S/C15H25N2O5P/c1-2-3-4-5-6-10-15(18)17-14(12-22-23(19,20)21)13-9-7-8-11-16-13/h7-9,11,14H,2-6,10,12H2,1H3,(H,17,18)(H2,19,20,21). The summed E-state index contributed by atoms with van der Waals surface area (Å²) < 4.78 is 15.4. The second-order valence-electron chi connectivity index (χ2n) is 5.33. The Morgan fingerprint density at radius 1 is 1.30 bits per heavy atom. The van der Waals surface area contributed by atoms with Crippen LogP contribution in [-0.2, 0) is 13.9 Å². The van der Waals surface area contributed by atoms with Crippen molar-refractivity contribution < 1.29 is 23.7 Å². The van der Waals surface area contributed by atoms with Gasteiger partial charge in [-0.15, -0.1) is 0 Å². The van der Waals surface area contributed by atoms with Gasteiger partial charge in [0.15, 0.2) is 0 Å². The third kappa shape index (κ3) is 9.46. The number of unbranched alkanes of at least 4 members (excludes halogenated alkanes) is 4. The molecule has 23 heavy (non-hydrogen) atoms. The van der Waals surface area contributed by atoms with Gasteiger partial charge in [0.1, 0.15) is 0 Å². The van der Waals surface area contributed by atoms with E-state index in [-0.39, 0.29) is 12.5 Å². The molecular weight excluding hydrogens is 319 g/mol. The molecule has 1 rings (SSSR count). The summed E-state index contributed by atoms with van der Waals surface area (Å²) in [5.41, 5.74) is 0.500. The number of rotatable bonds is 11. The maximum atomic E-state index is 12.0. The fraction of sp³-hybridized carbons (Fsp3) is 0.600. The third-order valence-electron chi connectivity index (χ3n) is 3.30. The molecule has 1 unspecified atom stereocenters. The van der Waals surface area contributed by atoms with Crippen molar-refractivity contribution in [2.24, 2.45) is 0 Å². The Labute approximate surface area is 136 Å². The molecule has 1 heterocycles. The normalized spacial score (nSPS) is 12.8. The van der Waals surface area contributed by atoms with Crippen LogP contribution < -0.4 is 5.32 Å². The van der Waals surface area contributed by atoms with Crippen LogP contribution >= 0.6 is 7.82 Å². The number of carbonyl (C=O) groups excluding carboxylic acids is 1. The number of nitrogens with zero attached hydrogens (tertiary/aromatic N) is 1. The minimum atomic E-state index is -4.60. The first-order valence-electron chi connectivity index (χ1n) is 7.82. The molecule has 8 heteroatoms. The lowest BCUT2D eigenvalue weighted by molar-refractivity contribution is -0.122. The molecule has 3 N–H and O–H groups in total. The van der Waals surface area contributed by atoms with E-state index in [0.29, 0.717) is 12.1 Å². The highest BCUT2D eigenvalue weighted by Crippen LogP contribution is 2.36. The fourth-order valence-electron chi connectivity index (χ4n) is 2.11. The fourth-order valence-corrected chi connectivity index (χ4v) is 2.45. The third-order valence-corrected chi connectivity index (χ3v) is 3.78. The van der Waals surface area contributed by atoms with Crippen LogP contribution in [0.15, 0.2) is 24.4 Å². The zero-order valence-corrected chi connectivity index (χ0v) is 14.2. The van der Waals surface area contributed by atoms with Crippen LogP contribution in [0, 0.1) is 0 Å². The summed E-state index contributed by atoms with van der Waals surface area (Å²) in [6.45, 7) is 1.80. The Hall–Kier alpha value is -1.27. The number of pyridine rings is 1. The van der Waals surface area contributed by atoms with Crippen LogP contribution in [0.25, 0.3) is 0 Å². The van der Waals surface area contributed by atoms with Gasteiger partial charge in [-0.1, -0.05) is 38.7 Å². The van der Waals surface area contributed by atoms with Gasteiger partial charge in [-0.25, -0.2) is 4.57 Å². The number of nitrogens with one attached hydrogen (secondary N) is 1. The molecule has 0 aliphatic rings. The number of carbonyl (C=O) groups is 1. The minimum absolute atomic E-state index is 0.175. The lowest BCUT2D eigenvalue weighted by atomic mass is 10.1. The molecule has 7 nitrogen and oxygen atoms in total. The van der Waals surface area contributed by atoms with Crippen molar-refractivity contribution in [2.45, 2.75) is 51.5 Å². The van der Waals surface area contributed by atoms with Gasteiger partial charge in [-0.3, -0.25) is 14.3 Å². The molecule has 1 aromatic rings. The van der Waals surface area contributed by atoms with Crippen LogP contribution in [0.1, 0.15) is 57.2 Å². The van der Waals surface area contributed by atoms with Gasteiger partial charge in [0, 0.05) is 12.6 Å². The first kappa shape index (κ1) is 19.8. The summed E-state index contributed by atoms with van der Waals surface area (Å²) in [5.74, 6) is -0.175. The lowest BCUT2D eigenvalue weighted by Crippen LogP contribution is -2.31. The zero-order valence-electron chi connectivity index (χ0n) is 13.4. The molecule has 0 saturated carbocycles. The monoisotopic (exact) mass is 344 g/mol. The van der Waals surface area contributed by atoms with Gasteiger partial charge in [0.05, 0.1) is 18.3 Å². The summed E-state index contributed by atoms with van der Waals surface area (Å²) in [6, 6.07) is 4.45. The maximum absolute atomic E-state index is 12.0. The average molecular weight is 344 g/mol. The highest BCUT2D eigenvalue weighted by atomic mass is 31.2. The van der Waals surface area contributed by atoms with E-state index in [0.717, 1.165) is 32.1 Å². The zero-order chi connectivity index (χ0) is 17.1. The summed E-state index contributed by atoms with van der Waals surface area (Å²) in [7, 11) is -4.60. The van der Waals surface area contributed by atoms with Crippen LogP contribution in [-0.4, -0.2) is 27.3 Å². The van der Waals surface area contributed by atoms with E-state index < -0.39 is 13.9 Å². The number of amides is 1. The molecule has 0 bridgehead atoms. The van der Waals surface area contributed by atoms with E-state index in [9.17, 15) is 9.36 Å². The predicted molar refractivity (Wildman–Crippen MR) is 86.5 cm³/mol. The van der Waals surface area contributed by atoms with E-state index in [1.54, 1.807) is 24.4 Å². The molecule has 0 spiro atoms. The predicted octanol–water partition coefficient (Wildman–Crippen LogP) is 2.71. The summed E-state index contributed by atoms with van der Waals surface area (Å²) in [6.07, 6.45) is 7.13. The smallest absolute Gasteiger partial charge is 0.345 e. The molecule has 0 saturated heterocycles. The largest absolute Gasteiger partial charge is 0.469 e. The first-order valence-corrected chi connectivity index (χ1v) is 9.35. The number of phosphoric acid groups is 1. The topological polar surface area (TPSA) is 109 Å². The second kappa shape index (κ2) is 10.5. The summed E-state index contributed by atoms with van der Waals surface area (Å²) in [5, 5.41) is 2.73. The van der Waals surface area contributed by atoms with Crippen molar-refractivity contribution in [1.29, 1.82) is 0 Å². The average Bonchev–Trinajstić information content (AvgIpc) is 2.51. The SMILES string of the molecule is CCCCCCCC(=O)NC(COP(=O)(O)O)c1ccccn1. The summed E-state index contributed by atoms with van der Waals surface area (Å²) >= 11 is 0. The number of hydrogen-bond donors (Lipinski definition) is 3. The van der Waals surface area contributed by atoms with E-state index in [2.05, 4.69) is 21.7 Å². The van der Waals surface area contributed by atoms with Crippen LogP contribution in [0.2, 0.25) is 0 Å². The Morgan fingerprint density at radius 3 is 2.65 bits per heavy atom. The summed E-state index contributed by atoms with van der Waals surface area (Å²) in [4.78, 5) is 33.8. The highest BCUT2D eigenvalue weighted by Gasteiger charge is 2.21. The Kier molecular flexibility index (Phi) is 9.02. The number of aromatic nitrogens is 1. The Bertz CT molecular complexity index is 506. The van der Waals surface area contributed by atoms with Gasteiger partial charge in [-0.2, -0.15) is 0 Å². The highest BCUT2D eigenvalue weighted by molar-refractivity contribution is 7.46. The molecule has 0 fully saturated rings.